The number of allylic oxidation sites excluding steroid dienone is 2. The van der Waals surface area contributed by atoms with E-state index < -0.39 is 0 Å². The summed E-state index contributed by atoms with van der Waals surface area (Å²) in [5, 5.41) is 2.96. The van der Waals surface area contributed by atoms with Gasteiger partial charge in [0.05, 0.1) is 5.92 Å². The molecule has 0 aliphatic heterocycles. The number of nitrogens with one attached hydrogen (secondary N) is 1. The number of fused-ring (bicyclic) bond motifs is 2. The van der Waals surface area contributed by atoms with Crippen LogP contribution in [0.15, 0.2) is 12.2 Å². The molecule has 1 saturated carbocycles. The first kappa shape index (κ1) is 13.3. The van der Waals surface area contributed by atoms with E-state index in [9.17, 15) is 9.59 Å². The van der Waals surface area contributed by atoms with Gasteiger partial charge >= 0.3 is 0 Å². The molecule has 2 aliphatic carbocycles. The summed E-state index contributed by atoms with van der Waals surface area (Å²) in [5.41, 5.74) is 0. The second-order valence-electron chi connectivity index (χ2n) is 5.70. The molecule has 4 unspecified atom stereocenters. The number of hydrogen-bond acceptors (Lipinski definition) is 3. The maximum Gasteiger partial charge on any atom is 0.224 e. The number of nitrogens with zero attached hydrogens (tertiary/aromatic N) is 1. The second-order valence-corrected chi connectivity index (χ2v) is 5.70. The molecule has 100 valence electrons. The van der Waals surface area contributed by atoms with Gasteiger partial charge in [-0.1, -0.05) is 12.2 Å². The number of amides is 1. The van der Waals surface area contributed by atoms with E-state index >= 15 is 0 Å². The molecular weight excluding hydrogens is 228 g/mol. The molecular formula is C14H22N2O2. The Labute approximate surface area is 108 Å². The highest BCUT2D eigenvalue weighted by Gasteiger charge is 2.49. The number of rotatable bonds is 5. The van der Waals surface area contributed by atoms with Crippen molar-refractivity contribution in [2.75, 3.05) is 27.2 Å². The average Bonchev–Trinajstić information content (AvgIpc) is 2.87. The van der Waals surface area contributed by atoms with Crippen molar-refractivity contribution in [1.29, 1.82) is 0 Å². The van der Waals surface area contributed by atoms with Crippen LogP contribution < -0.4 is 5.32 Å². The Morgan fingerprint density at radius 2 is 1.83 bits per heavy atom. The lowest BCUT2D eigenvalue weighted by Gasteiger charge is -2.25. The molecule has 4 nitrogen and oxygen atoms in total. The van der Waals surface area contributed by atoms with Crippen LogP contribution >= 0.6 is 0 Å². The number of carbonyl (C=O) groups is 2. The number of likely N-dealkylation sites (N-methyl/N-ethyl adjacent to an activating group) is 1. The average molecular weight is 250 g/mol. The van der Waals surface area contributed by atoms with Gasteiger partial charge in [0.1, 0.15) is 5.78 Å². The number of Topliss-reactive ketones (excluding diaryl/α,β-unsaturated/α-hetero) is 1. The highest BCUT2D eigenvalue weighted by molar-refractivity contribution is 5.89. The van der Waals surface area contributed by atoms with Crippen LogP contribution in [0, 0.1) is 23.7 Å². The largest absolute Gasteiger partial charge is 0.355 e. The van der Waals surface area contributed by atoms with Crippen LogP contribution in [0.1, 0.15) is 13.3 Å². The fourth-order valence-electron chi connectivity index (χ4n) is 3.25. The summed E-state index contributed by atoms with van der Waals surface area (Å²) < 4.78 is 0. The third-order valence-electron chi connectivity index (χ3n) is 4.09. The van der Waals surface area contributed by atoms with Crippen LogP contribution in [0.25, 0.3) is 0 Å². The summed E-state index contributed by atoms with van der Waals surface area (Å²) in [6.45, 7) is 3.08. The zero-order valence-corrected chi connectivity index (χ0v) is 11.3. The summed E-state index contributed by atoms with van der Waals surface area (Å²) >= 11 is 0. The minimum atomic E-state index is -0.139. The van der Waals surface area contributed by atoms with Gasteiger partial charge in [-0.3, -0.25) is 9.59 Å². The molecule has 1 amide bonds. The van der Waals surface area contributed by atoms with Crippen molar-refractivity contribution in [1.82, 2.24) is 10.2 Å². The van der Waals surface area contributed by atoms with E-state index in [0.29, 0.717) is 6.54 Å². The topological polar surface area (TPSA) is 49.4 Å². The molecule has 18 heavy (non-hydrogen) atoms. The third kappa shape index (κ3) is 2.48. The first-order valence-electron chi connectivity index (χ1n) is 6.62. The normalized spacial score (nSPS) is 33.1. The van der Waals surface area contributed by atoms with Gasteiger partial charge in [0.25, 0.3) is 0 Å². The quantitative estimate of drug-likeness (QED) is 0.730. The third-order valence-corrected chi connectivity index (χ3v) is 4.09. The van der Waals surface area contributed by atoms with Gasteiger partial charge in [-0.15, -0.1) is 0 Å². The van der Waals surface area contributed by atoms with Crippen molar-refractivity contribution in [3.63, 3.8) is 0 Å². The second kappa shape index (κ2) is 5.22. The summed E-state index contributed by atoms with van der Waals surface area (Å²) in [6, 6.07) is 0. The Hall–Kier alpha value is -1.16. The molecule has 0 aromatic carbocycles. The fraction of sp³-hybridized carbons (Fsp3) is 0.714. The smallest absolute Gasteiger partial charge is 0.224 e. The molecule has 0 aromatic heterocycles. The maximum absolute atomic E-state index is 12.2. The summed E-state index contributed by atoms with van der Waals surface area (Å²) in [4.78, 5) is 26.0. The van der Waals surface area contributed by atoms with E-state index in [-0.39, 0.29) is 35.4 Å². The van der Waals surface area contributed by atoms with Crippen molar-refractivity contribution in [3.8, 4) is 0 Å². The SMILES string of the molecule is CC(=O)C1C2C=CC(C2)C1C(=O)NCCN(C)C. The molecule has 4 heteroatoms. The summed E-state index contributed by atoms with van der Waals surface area (Å²) in [6.07, 6.45) is 5.19. The first-order chi connectivity index (χ1) is 8.50. The first-order valence-corrected chi connectivity index (χ1v) is 6.62. The summed E-state index contributed by atoms with van der Waals surface area (Å²) in [5.74, 6) is 0.521. The van der Waals surface area contributed by atoms with E-state index in [1.807, 2.05) is 19.0 Å². The van der Waals surface area contributed by atoms with Crippen LogP contribution in [0.3, 0.4) is 0 Å². The van der Waals surface area contributed by atoms with E-state index in [4.69, 9.17) is 0 Å². The predicted octanol–water partition coefficient (Wildman–Crippen LogP) is 0.691. The molecule has 0 radical (unpaired) electrons. The Morgan fingerprint density at radius 1 is 1.22 bits per heavy atom. The van der Waals surface area contributed by atoms with E-state index in [1.165, 1.54) is 0 Å². The van der Waals surface area contributed by atoms with Gasteiger partial charge in [0.15, 0.2) is 0 Å². The van der Waals surface area contributed by atoms with Crippen molar-refractivity contribution >= 4 is 11.7 Å². The lowest BCUT2D eigenvalue weighted by atomic mass is 9.80. The van der Waals surface area contributed by atoms with Gasteiger partial charge in [0.2, 0.25) is 5.91 Å². The van der Waals surface area contributed by atoms with Crippen LogP contribution in [0.4, 0.5) is 0 Å². The zero-order chi connectivity index (χ0) is 13.3. The van der Waals surface area contributed by atoms with Crippen molar-refractivity contribution < 1.29 is 9.59 Å². The molecule has 0 aromatic rings. The molecule has 1 fully saturated rings. The Bertz CT molecular complexity index is 376. The standard InChI is InChI=1S/C14H22N2O2/c1-9(17)12-10-4-5-11(8-10)13(12)14(18)15-6-7-16(2)3/h4-5,10-13H,6-8H2,1-3H3,(H,15,18). The van der Waals surface area contributed by atoms with Crippen molar-refractivity contribution in [2.45, 2.75) is 13.3 Å². The lowest BCUT2D eigenvalue weighted by molar-refractivity contribution is -0.133. The van der Waals surface area contributed by atoms with E-state index in [1.54, 1.807) is 6.92 Å². The lowest BCUT2D eigenvalue weighted by Crippen LogP contribution is -2.41. The van der Waals surface area contributed by atoms with Gasteiger partial charge in [-0.05, 0) is 39.3 Å². The molecule has 1 N–H and O–H groups in total. The van der Waals surface area contributed by atoms with Crippen molar-refractivity contribution in [2.24, 2.45) is 23.7 Å². The summed E-state index contributed by atoms with van der Waals surface area (Å²) in [7, 11) is 3.95. The van der Waals surface area contributed by atoms with Gasteiger partial charge in [-0.25, -0.2) is 0 Å². The number of hydrogen-bond donors (Lipinski definition) is 1. The predicted molar refractivity (Wildman–Crippen MR) is 70.0 cm³/mol. The monoisotopic (exact) mass is 250 g/mol. The van der Waals surface area contributed by atoms with Crippen LogP contribution in [0.5, 0.6) is 0 Å². The molecule has 0 heterocycles. The number of carbonyl (C=O) groups excluding carboxylic acids is 2. The Morgan fingerprint density at radius 3 is 2.39 bits per heavy atom. The zero-order valence-electron chi connectivity index (χ0n) is 11.3. The van der Waals surface area contributed by atoms with Gasteiger partial charge < -0.3 is 10.2 Å². The maximum atomic E-state index is 12.2. The molecule has 2 rings (SSSR count). The van der Waals surface area contributed by atoms with Crippen molar-refractivity contribution in [3.05, 3.63) is 12.2 Å². The Balaban J connectivity index is 1.96. The fourth-order valence-corrected chi connectivity index (χ4v) is 3.25. The van der Waals surface area contributed by atoms with Crippen LogP contribution in [0.2, 0.25) is 0 Å². The van der Waals surface area contributed by atoms with Gasteiger partial charge in [0, 0.05) is 19.0 Å². The molecule has 0 saturated heterocycles. The number of ketones is 1. The molecule has 2 bridgehead atoms. The highest BCUT2D eigenvalue weighted by Crippen LogP contribution is 2.48. The molecule has 2 aliphatic rings. The molecule has 4 atom stereocenters. The minimum Gasteiger partial charge on any atom is -0.355 e. The highest BCUT2D eigenvalue weighted by atomic mass is 16.2. The Kier molecular flexibility index (Phi) is 3.85. The van der Waals surface area contributed by atoms with E-state index in [0.717, 1.165) is 13.0 Å². The van der Waals surface area contributed by atoms with Crippen LogP contribution in [-0.4, -0.2) is 43.8 Å². The minimum absolute atomic E-state index is 0.0499. The molecule has 0 spiro atoms. The van der Waals surface area contributed by atoms with Gasteiger partial charge in [-0.2, -0.15) is 0 Å². The van der Waals surface area contributed by atoms with E-state index in [2.05, 4.69) is 17.5 Å². The van der Waals surface area contributed by atoms with Crippen LogP contribution in [-0.2, 0) is 9.59 Å².